The topological polar surface area (TPSA) is 35.8 Å². The van der Waals surface area contributed by atoms with Gasteiger partial charge in [-0.2, -0.15) is 5.26 Å². The molecule has 0 radical (unpaired) electrons. The predicted molar refractivity (Wildman–Crippen MR) is 76.7 cm³/mol. The number of nitriles is 1. The van der Waals surface area contributed by atoms with E-state index in [9.17, 15) is 5.26 Å². The fourth-order valence-electron chi connectivity index (χ4n) is 3.74. The Morgan fingerprint density at radius 3 is 2.47 bits per heavy atom. The van der Waals surface area contributed by atoms with Crippen molar-refractivity contribution >= 4 is 0 Å². The fourth-order valence-corrected chi connectivity index (χ4v) is 3.74. The Balaban J connectivity index is 1.60. The number of rotatable bonds is 3. The van der Waals surface area contributed by atoms with E-state index in [4.69, 9.17) is 0 Å². The molecule has 0 bridgehead atoms. The van der Waals surface area contributed by atoms with Crippen molar-refractivity contribution in [2.75, 3.05) is 0 Å². The molecule has 2 heteroatoms. The van der Waals surface area contributed by atoms with Crippen molar-refractivity contribution in [1.82, 2.24) is 5.32 Å². The summed E-state index contributed by atoms with van der Waals surface area (Å²) in [6.07, 6.45) is 5.91. The molecule has 2 fully saturated rings. The summed E-state index contributed by atoms with van der Waals surface area (Å²) in [6, 6.07) is 14.1. The minimum atomic E-state index is -0.233. The van der Waals surface area contributed by atoms with Crippen molar-refractivity contribution in [3.05, 3.63) is 35.9 Å². The molecule has 1 N–H and O–H groups in total. The van der Waals surface area contributed by atoms with Crippen LogP contribution >= 0.6 is 0 Å². The second-order valence-corrected chi connectivity index (χ2v) is 6.45. The lowest BCUT2D eigenvalue weighted by Gasteiger charge is -2.44. The molecular formula is C17H22N2. The van der Waals surface area contributed by atoms with E-state index in [0.29, 0.717) is 12.1 Å². The summed E-state index contributed by atoms with van der Waals surface area (Å²) in [7, 11) is 0. The molecule has 100 valence electrons. The van der Waals surface area contributed by atoms with Crippen LogP contribution in [0.5, 0.6) is 0 Å². The van der Waals surface area contributed by atoms with Crippen molar-refractivity contribution in [1.29, 1.82) is 5.26 Å². The average molecular weight is 254 g/mol. The van der Waals surface area contributed by atoms with E-state index in [1.807, 2.05) is 18.2 Å². The molecule has 2 unspecified atom stereocenters. The van der Waals surface area contributed by atoms with Gasteiger partial charge < -0.3 is 5.32 Å². The smallest absolute Gasteiger partial charge is 0.0852 e. The van der Waals surface area contributed by atoms with Gasteiger partial charge in [-0.25, -0.2) is 0 Å². The largest absolute Gasteiger partial charge is 0.311 e. The lowest BCUT2D eigenvalue weighted by molar-refractivity contribution is 0.208. The minimum Gasteiger partial charge on any atom is -0.311 e. The van der Waals surface area contributed by atoms with Crippen LogP contribution in [-0.4, -0.2) is 12.1 Å². The van der Waals surface area contributed by atoms with Crippen LogP contribution in [-0.2, 0) is 5.41 Å². The molecule has 0 aliphatic heterocycles. The van der Waals surface area contributed by atoms with Gasteiger partial charge in [0.05, 0.1) is 11.5 Å². The molecule has 19 heavy (non-hydrogen) atoms. The molecule has 0 aromatic heterocycles. The summed E-state index contributed by atoms with van der Waals surface area (Å²) in [6.45, 7) is 2.34. The van der Waals surface area contributed by atoms with Crippen LogP contribution in [0.1, 0.15) is 44.6 Å². The SMILES string of the molecule is CC1CCC(NC2CC(C#N)(c3ccccc3)C2)C1. The Bertz CT molecular complexity index is 468. The van der Waals surface area contributed by atoms with Gasteiger partial charge in [0.15, 0.2) is 0 Å². The van der Waals surface area contributed by atoms with E-state index in [2.05, 4.69) is 30.4 Å². The monoisotopic (exact) mass is 254 g/mol. The number of nitrogens with one attached hydrogen (secondary N) is 1. The standard InChI is InChI=1S/C17H22N2/c1-13-7-8-15(9-13)19-16-10-17(11-16,12-18)14-5-3-2-4-6-14/h2-6,13,15-16,19H,7-11H2,1H3. The van der Waals surface area contributed by atoms with Gasteiger partial charge in [0.1, 0.15) is 0 Å². The van der Waals surface area contributed by atoms with Gasteiger partial charge in [0.25, 0.3) is 0 Å². The molecule has 2 saturated carbocycles. The van der Waals surface area contributed by atoms with Gasteiger partial charge in [-0.3, -0.25) is 0 Å². The van der Waals surface area contributed by atoms with E-state index in [-0.39, 0.29) is 5.41 Å². The second kappa shape index (κ2) is 4.98. The highest BCUT2D eigenvalue weighted by Crippen LogP contribution is 2.44. The molecule has 2 aliphatic carbocycles. The van der Waals surface area contributed by atoms with Crippen molar-refractivity contribution < 1.29 is 0 Å². The highest BCUT2D eigenvalue weighted by Gasteiger charge is 2.46. The highest BCUT2D eigenvalue weighted by molar-refractivity contribution is 5.36. The first kappa shape index (κ1) is 12.7. The van der Waals surface area contributed by atoms with Gasteiger partial charge in [-0.1, -0.05) is 37.3 Å². The summed E-state index contributed by atoms with van der Waals surface area (Å²) in [5, 5.41) is 13.3. The Morgan fingerprint density at radius 2 is 1.89 bits per heavy atom. The molecule has 0 heterocycles. The predicted octanol–water partition coefficient (Wildman–Crippen LogP) is 3.39. The summed E-state index contributed by atoms with van der Waals surface area (Å²) in [5.74, 6) is 0.868. The highest BCUT2D eigenvalue weighted by atomic mass is 15.0. The zero-order valence-corrected chi connectivity index (χ0v) is 11.6. The minimum absolute atomic E-state index is 0.233. The van der Waals surface area contributed by atoms with E-state index < -0.39 is 0 Å². The lowest BCUT2D eigenvalue weighted by Crippen LogP contribution is -2.53. The van der Waals surface area contributed by atoms with Crippen LogP contribution in [0.15, 0.2) is 30.3 Å². The molecule has 1 aromatic rings. The lowest BCUT2D eigenvalue weighted by atomic mass is 9.62. The van der Waals surface area contributed by atoms with Gasteiger partial charge >= 0.3 is 0 Å². The summed E-state index contributed by atoms with van der Waals surface area (Å²) < 4.78 is 0. The van der Waals surface area contributed by atoms with Crippen LogP contribution in [0.25, 0.3) is 0 Å². The zero-order valence-electron chi connectivity index (χ0n) is 11.6. The third-order valence-electron chi connectivity index (χ3n) is 4.90. The summed E-state index contributed by atoms with van der Waals surface area (Å²) in [4.78, 5) is 0. The molecule has 2 aliphatic rings. The summed E-state index contributed by atoms with van der Waals surface area (Å²) in [5.41, 5.74) is 0.957. The Labute approximate surface area is 115 Å². The van der Waals surface area contributed by atoms with Gasteiger partial charge in [0.2, 0.25) is 0 Å². The van der Waals surface area contributed by atoms with E-state index >= 15 is 0 Å². The maximum absolute atomic E-state index is 9.53. The van der Waals surface area contributed by atoms with Crippen molar-refractivity contribution in [2.24, 2.45) is 5.92 Å². The third-order valence-corrected chi connectivity index (χ3v) is 4.90. The van der Waals surface area contributed by atoms with Crippen molar-refractivity contribution in [3.8, 4) is 6.07 Å². The van der Waals surface area contributed by atoms with Crippen LogP contribution in [0.2, 0.25) is 0 Å². The zero-order chi connectivity index (χ0) is 13.3. The maximum Gasteiger partial charge on any atom is 0.0852 e. The fraction of sp³-hybridized carbons (Fsp3) is 0.588. The van der Waals surface area contributed by atoms with E-state index in [0.717, 1.165) is 18.8 Å². The first-order chi connectivity index (χ1) is 9.22. The number of hydrogen-bond acceptors (Lipinski definition) is 2. The second-order valence-electron chi connectivity index (χ2n) is 6.45. The molecule has 2 nitrogen and oxygen atoms in total. The first-order valence-electron chi connectivity index (χ1n) is 7.45. The number of hydrogen-bond donors (Lipinski definition) is 1. The van der Waals surface area contributed by atoms with Crippen LogP contribution in [0, 0.1) is 17.2 Å². The van der Waals surface area contributed by atoms with Gasteiger partial charge in [-0.05, 0) is 43.6 Å². The molecular weight excluding hydrogens is 232 g/mol. The van der Waals surface area contributed by atoms with Crippen LogP contribution in [0.3, 0.4) is 0 Å². The molecule has 1 aromatic carbocycles. The first-order valence-corrected chi connectivity index (χ1v) is 7.45. The number of benzene rings is 1. The molecule has 0 spiro atoms. The maximum atomic E-state index is 9.53. The number of nitrogens with zero attached hydrogens (tertiary/aromatic N) is 1. The third kappa shape index (κ3) is 2.40. The summed E-state index contributed by atoms with van der Waals surface area (Å²) >= 11 is 0. The van der Waals surface area contributed by atoms with E-state index in [1.54, 1.807) is 0 Å². The van der Waals surface area contributed by atoms with Crippen LogP contribution in [0.4, 0.5) is 0 Å². The molecule has 0 saturated heterocycles. The van der Waals surface area contributed by atoms with Crippen molar-refractivity contribution in [2.45, 2.75) is 56.5 Å². The molecule has 3 rings (SSSR count). The quantitative estimate of drug-likeness (QED) is 0.897. The Kier molecular flexibility index (Phi) is 3.33. The average Bonchev–Trinajstić information content (AvgIpc) is 2.80. The molecule has 2 atom stereocenters. The molecule has 0 amide bonds. The Morgan fingerprint density at radius 1 is 1.16 bits per heavy atom. The van der Waals surface area contributed by atoms with Gasteiger partial charge in [0, 0.05) is 12.1 Å². The Hall–Kier alpha value is -1.33. The van der Waals surface area contributed by atoms with E-state index in [1.165, 1.54) is 24.8 Å². The normalized spacial score (nSPS) is 37.6. The van der Waals surface area contributed by atoms with Crippen molar-refractivity contribution in [3.63, 3.8) is 0 Å². The van der Waals surface area contributed by atoms with Gasteiger partial charge in [-0.15, -0.1) is 0 Å². The van der Waals surface area contributed by atoms with Crippen LogP contribution < -0.4 is 5.32 Å².